The summed E-state index contributed by atoms with van der Waals surface area (Å²) in [4.78, 5) is 14.6. The summed E-state index contributed by atoms with van der Waals surface area (Å²) < 4.78 is 0. The fraction of sp³-hybridized carbons (Fsp3) is 0.333. The summed E-state index contributed by atoms with van der Waals surface area (Å²) in [5, 5.41) is 1.35. The van der Waals surface area contributed by atoms with Gasteiger partial charge in [0.2, 0.25) is 0 Å². The third kappa shape index (κ3) is 2.62. The van der Waals surface area contributed by atoms with Gasteiger partial charge in [-0.25, -0.2) is 0 Å². The highest BCUT2D eigenvalue weighted by Gasteiger charge is 2.22. The van der Waals surface area contributed by atoms with Crippen LogP contribution in [-0.2, 0) is 6.54 Å². The number of para-hydroxylation sites is 1. The lowest BCUT2D eigenvalue weighted by Crippen LogP contribution is -2.32. The van der Waals surface area contributed by atoms with Gasteiger partial charge < -0.3 is 4.98 Å². The molecule has 4 heteroatoms. The third-order valence-electron chi connectivity index (χ3n) is 4.66. The van der Waals surface area contributed by atoms with Crippen molar-refractivity contribution in [3.63, 3.8) is 0 Å². The third-order valence-corrected chi connectivity index (χ3v) is 4.66. The van der Waals surface area contributed by atoms with Crippen molar-refractivity contribution in [3.05, 3.63) is 60.3 Å². The Bertz CT molecular complexity index is 742. The Hall–Kier alpha value is -2.20. The van der Waals surface area contributed by atoms with Gasteiger partial charge in [0.1, 0.15) is 0 Å². The van der Waals surface area contributed by atoms with Crippen LogP contribution in [0.25, 0.3) is 10.9 Å². The largest absolute Gasteiger partial charge is 0.361 e. The molecule has 0 bridgehead atoms. The van der Waals surface area contributed by atoms with Crippen molar-refractivity contribution >= 4 is 10.9 Å². The van der Waals surface area contributed by atoms with Gasteiger partial charge in [0.05, 0.1) is 5.69 Å². The molecule has 1 aliphatic heterocycles. The van der Waals surface area contributed by atoms with E-state index in [1.54, 1.807) is 12.4 Å². The first kappa shape index (κ1) is 13.5. The van der Waals surface area contributed by atoms with E-state index < -0.39 is 0 Å². The molecule has 0 spiro atoms. The molecule has 1 saturated heterocycles. The molecule has 0 atom stereocenters. The maximum Gasteiger partial charge on any atom is 0.0618 e. The Balaban J connectivity index is 1.42. The Labute approximate surface area is 130 Å². The highest BCUT2D eigenvalue weighted by Crippen LogP contribution is 2.28. The minimum atomic E-state index is 0.563. The van der Waals surface area contributed by atoms with Crippen LogP contribution in [0, 0.1) is 0 Å². The summed E-state index contributed by atoms with van der Waals surface area (Å²) in [5.74, 6) is 0.563. The van der Waals surface area contributed by atoms with Gasteiger partial charge in [0, 0.05) is 48.2 Å². The minimum Gasteiger partial charge on any atom is -0.361 e. The van der Waals surface area contributed by atoms with Gasteiger partial charge in [-0.3, -0.25) is 14.9 Å². The van der Waals surface area contributed by atoms with Gasteiger partial charge in [-0.05, 0) is 37.6 Å². The average molecular weight is 292 g/mol. The number of aromatic nitrogens is 3. The van der Waals surface area contributed by atoms with Crippen LogP contribution in [0.3, 0.4) is 0 Å². The fourth-order valence-electron chi connectivity index (χ4n) is 3.41. The molecule has 112 valence electrons. The molecule has 1 fully saturated rings. The molecule has 0 radical (unpaired) electrons. The standard InChI is InChI=1S/C18H20N4/c1-2-4-17-16(3-1)15(11-21-17)13-22-9-5-14(6-10-22)18-12-19-7-8-20-18/h1-4,7-8,11-12,14,21H,5-6,9-10,13H2. The first-order chi connectivity index (χ1) is 10.9. The van der Waals surface area contributed by atoms with Crippen molar-refractivity contribution in [2.45, 2.75) is 25.3 Å². The van der Waals surface area contributed by atoms with Crippen molar-refractivity contribution in [3.8, 4) is 0 Å². The topological polar surface area (TPSA) is 44.8 Å². The fourth-order valence-corrected chi connectivity index (χ4v) is 3.41. The van der Waals surface area contributed by atoms with Crippen LogP contribution < -0.4 is 0 Å². The number of hydrogen-bond donors (Lipinski definition) is 1. The summed E-state index contributed by atoms with van der Waals surface area (Å²) in [6.07, 6.45) is 9.95. The number of fused-ring (bicyclic) bond motifs is 1. The number of benzene rings is 1. The van der Waals surface area contributed by atoms with E-state index in [2.05, 4.69) is 50.3 Å². The molecule has 1 N–H and O–H groups in total. The van der Waals surface area contributed by atoms with E-state index in [9.17, 15) is 0 Å². The average Bonchev–Trinajstić information content (AvgIpc) is 3.00. The van der Waals surface area contributed by atoms with Gasteiger partial charge in [-0.1, -0.05) is 18.2 Å². The molecule has 0 aliphatic carbocycles. The van der Waals surface area contributed by atoms with E-state index in [-0.39, 0.29) is 0 Å². The maximum atomic E-state index is 4.46. The van der Waals surface area contributed by atoms with Gasteiger partial charge in [-0.15, -0.1) is 0 Å². The molecular weight excluding hydrogens is 272 g/mol. The quantitative estimate of drug-likeness (QED) is 0.805. The van der Waals surface area contributed by atoms with E-state index in [1.807, 2.05) is 6.20 Å². The molecule has 3 aromatic rings. The Kier molecular flexibility index (Phi) is 3.60. The second kappa shape index (κ2) is 5.89. The molecule has 0 unspecified atom stereocenters. The second-order valence-electron chi connectivity index (χ2n) is 6.04. The van der Waals surface area contributed by atoms with E-state index in [1.165, 1.54) is 29.3 Å². The van der Waals surface area contributed by atoms with Crippen LogP contribution in [0.15, 0.2) is 49.1 Å². The highest BCUT2D eigenvalue weighted by atomic mass is 15.1. The minimum absolute atomic E-state index is 0.563. The molecule has 0 amide bonds. The number of nitrogens with zero attached hydrogens (tertiary/aromatic N) is 3. The van der Waals surface area contributed by atoms with Gasteiger partial charge in [0.15, 0.2) is 0 Å². The number of H-pyrrole nitrogens is 1. The highest BCUT2D eigenvalue weighted by molar-refractivity contribution is 5.82. The number of rotatable bonds is 3. The van der Waals surface area contributed by atoms with Crippen LogP contribution >= 0.6 is 0 Å². The predicted octanol–water partition coefficient (Wildman–Crippen LogP) is 3.34. The van der Waals surface area contributed by atoms with Crippen LogP contribution in [0.4, 0.5) is 0 Å². The van der Waals surface area contributed by atoms with Crippen LogP contribution in [0.5, 0.6) is 0 Å². The lowest BCUT2D eigenvalue weighted by Gasteiger charge is -2.31. The van der Waals surface area contributed by atoms with E-state index in [0.29, 0.717) is 5.92 Å². The zero-order valence-electron chi connectivity index (χ0n) is 12.6. The Morgan fingerprint density at radius 3 is 2.82 bits per heavy atom. The lowest BCUT2D eigenvalue weighted by molar-refractivity contribution is 0.204. The first-order valence-electron chi connectivity index (χ1n) is 7.93. The number of hydrogen-bond acceptors (Lipinski definition) is 3. The number of likely N-dealkylation sites (tertiary alicyclic amines) is 1. The number of aromatic amines is 1. The van der Waals surface area contributed by atoms with Gasteiger partial charge in [0.25, 0.3) is 0 Å². The molecule has 1 aromatic carbocycles. The smallest absolute Gasteiger partial charge is 0.0618 e. The zero-order valence-corrected chi connectivity index (χ0v) is 12.6. The lowest BCUT2D eigenvalue weighted by atomic mass is 9.93. The van der Waals surface area contributed by atoms with Gasteiger partial charge >= 0.3 is 0 Å². The van der Waals surface area contributed by atoms with Crippen molar-refractivity contribution in [1.82, 2.24) is 19.9 Å². The van der Waals surface area contributed by atoms with Crippen molar-refractivity contribution < 1.29 is 0 Å². The predicted molar refractivity (Wildman–Crippen MR) is 87.6 cm³/mol. The zero-order chi connectivity index (χ0) is 14.8. The molecule has 4 rings (SSSR count). The summed E-state index contributed by atoms with van der Waals surface area (Å²) >= 11 is 0. The summed E-state index contributed by atoms with van der Waals surface area (Å²) in [7, 11) is 0. The summed E-state index contributed by atoms with van der Waals surface area (Å²) in [5.41, 5.74) is 3.77. The molecule has 2 aromatic heterocycles. The van der Waals surface area contributed by atoms with E-state index in [4.69, 9.17) is 0 Å². The number of nitrogens with one attached hydrogen (secondary N) is 1. The second-order valence-corrected chi connectivity index (χ2v) is 6.04. The number of piperidine rings is 1. The van der Waals surface area contributed by atoms with E-state index in [0.717, 1.165) is 25.3 Å². The molecule has 0 saturated carbocycles. The molecule has 4 nitrogen and oxygen atoms in total. The summed E-state index contributed by atoms with van der Waals surface area (Å²) in [6.45, 7) is 3.28. The molecule has 22 heavy (non-hydrogen) atoms. The van der Waals surface area contributed by atoms with Gasteiger partial charge in [-0.2, -0.15) is 0 Å². The SMILES string of the molecule is c1ccc2c(CN3CCC(c4cnccn4)CC3)c[nH]c2c1. The monoisotopic (exact) mass is 292 g/mol. The molecule has 3 heterocycles. The first-order valence-corrected chi connectivity index (χ1v) is 7.93. The Morgan fingerprint density at radius 1 is 1.14 bits per heavy atom. The van der Waals surface area contributed by atoms with Crippen LogP contribution in [-0.4, -0.2) is 32.9 Å². The van der Waals surface area contributed by atoms with Crippen LogP contribution in [0.2, 0.25) is 0 Å². The Morgan fingerprint density at radius 2 is 2.00 bits per heavy atom. The normalized spacial score (nSPS) is 17.1. The maximum absolute atomic E-state index is 4.46. The van der Waals surface area contributed by atoms with Crippen molar-refractivity contribution in [2.75, 3.05) is 13.1 Å². The van der Waals surface area contributed by atoms with E-state index >= 15 is 0 Å². The summed E-state index contributed by atoms with van der Waals surface area (Å²) in [6, 6.07) is 8.53. The van der Waals surface area contributed by atoms with Crippen LogP contribution in [0.1, 0.15) is 30.0 Å². The molecular formula is C18H20N4. The van der Waals surface area contributed by atoms with Crippen molar-refractivity contribution in [2.24, 2.45) is 0 Å². The molecule has 1 aliphatic rings. The van der Waals surface area contributed by atoms with Crippen molar-refractivity contribution in [1.29, 1.82) is 0 Å².